The Kier molecular flexibility index (Phi) is 4.08. The summed E-state index contributed by atoms with van der Waals surface area (Å²) in [6.07, 6.45) is 1.82. The van der Waals surface area contributed by atoms with Gasteiger partial charge in [-0.15, -0.1) is 0 Å². The summed E-state index contributed by atoms with van der Waals surface area (Å²) >= 11 is 0. The maximum absolute atomic E-state index is 12.0. The standard InChI is InChI=1S/C10H9N.C6H6FN/c1-8-4-5-10-9(7-8)3-2-6-11-10;7-5-1-3-6(8)4-2-5/h2-7H,1H3;1-4H,8H2. The van der Waals surface area contributed by atoms with Crippen molar-refractivity contribution in [3.63, 3.8) is 0 Å². The van der Waals surface area contributed by atoms with Crippen molar-refractivity contribution in [1.29, 1.82) is 0 Å². The lowest BCUT2D eigenvalue weighted by atomic mass is 10.1. The number of nitrogens with two attached hydrogens (primary N) is 1. The monoisotopic (exact) mass is 254 g/mol. The second-order valence-electron chi connectivity index (χ2n) is 4.25. The average molecular weight is 254 g/mol. The zero-order valence-electron chi connectivity index (χ0n) is 10.7. The van der Waals surface area contributed by atoms with Gasteiger partial charge in [-0.2, -0.15) is 0 Å². The molecule has 0 saturated carbocycles. The van der Waals surface area contributed by atoms with E-state index < -0.39 is 0 Å². The van der Waals surface area contributed by atoms with Crippen LogP contribution in [0.4, 0.5) is 10.1 Å². The number of nitrogens with zero attached hydrogens (tertiary/aromatic N) is 1. The molecular weight excluding hydrogens is 239 g/mol. The van der Waals surface area contributed by atoms with Crippen molar-refractivity contribution >= 4 is 16.6 Å². The maximum atomic E-state index is 12.0. The molecule has 0 bridgehead atoms. The minimum atomic E-state index is -0.251. The van der Waals surface area contributed by atoms with E-state index >= 15 is 0 Å². The fourth-order valence-electron chi connectivity index (χ4n) is 1.66. The summed E-state index contributed by atoms with van der Waals surface area (Å²) < 4.78 is 12.0. The van der Waals surface area contributed by atoms with Gasteiger partial charge in [-0.3, -0.25) is 4.98 Å². The van der Waals surface area contributed by atoms with Gasteiger partial charge in [0.25, 0.3) is 0 Å². The van der Waals surface area contributed by atoms with E-state index in [1.165, 1.54) is 35.2 Å². The van der Waals surface area contributed by atoms with Gasteiger partial charge in [0, 0.05) is 17.3 Å². The number of fused-ring (bicyclic) bond motifs is 1. The molecule has 2 nitrogen and oxygen atoms in total. The van der Waals surface area contributed by atoms with Gasteiger partial charge in [-0.05, 0) is 49.4 Å². The van der Waals surface area contributed by atoms with Crippen molar-refractivity contribution in [2.45, 2.75) is 6.92 Å². The largest absolute Gasteiger partial charge is 0.399 e. The van der Waals surface area contributed by atoms with E-state index in [9.17, 15) is 4.39 Å². The maximum Gasteiger partial charge on any atom is 0.123 e. The first-order valence-electron chi connectivity index (χ1n) is 5.97. The van der Waals surface area contributed by atoms with Crippen LogP contribution in [-0.2, 0) is 0 Å². The van der Waals surface area contributed by atoms with Crippen molar-refractivity contribution in [3.05, 3.63) is 72.2 Å². The van der Waals surface area contributed by atoms with E-state index in [0.717, 1.165) is 5.52 Å². The number of aryl methyl sites for hydroxylation is 1. The number of pyridine rings is 1. The second kappa shape index (κ2) is 5.96. The molecule has 0 aliphatic carbocycles. The summed E-state index contributed by atoms with van der Waals surface area (Å²) in [4.78, 5) is 4.22. The van der Waals surface area contributed by atoms with Gasteiger partial charge in [-0.1, -0.05) is 17.7 Å². The normalized spacial score (nSPS) is 9.79. The predicted octanol–water partition coefficient (Wildman–Crippen LogP) is 3.95. The number of hydrogen-bond acceptors (Lipinski definition) is 2. The Morgan fingerprint density at radius 3 is 2.42 bits per heavy atom. The lowest BCUT2D eigenvalue weighted by Gasteiger charge is -1.95. The summed E-state index contributed by atoms with van der Waals surface area (Å²) in [7, 11) is 0. The molecule has 0 atom stereocenters. The Bertz CT molecular complexity index is 642. The van der Waals surface area contributed by atoms with E-state index in [1.807, 2.05) is 18.3 Å². The first kappa shape index (κ1) is 13.0. The summed E-state index contributed by atoms with van der Waals surface area (Å²) in [5.74, 6) is -0.251. The second-order valence-corrected chi connectivity index (χ2v) is 4.25. The van der Waals surface area contributed by atoms with Crippen LogP contribution in [0.3, 0.4) is 0 Å². The summed E-state index contributed by atoms with van der Waals surface area (Å²) in [6, 6.07) is 16.0. The molecule has 0 fully saturated rings. The number of anilines is 1. The molecule has 0 saturated heterocycles. The van der Waals surface area contributed by atoms with E-state index in [-0.39, 0.29) is 5.82 Å². The molecule has 1 heterocycles. The summed E-state index contributed by atoms with van der Waals surface area (Å²) in [5.41, 5.74) is 8.20. The summed E-state index contributed by atoms with van der Waals surface area (Å²) in [6.45, 7) is 2.09. The molecule has 0 radical (unpaired) electrons. The molecule has 3 aromatic rings. The van der Waals surface area contributed by atoms with Crippen molar-refractivity contribution in [3.8, 4) is 0 Å². The van der Waals surface area contributed by atoms with Gasteiger partial charge in [0.2, 0.25) is 0 Å². The Morgan fingerprint density at radius 2 is 1.74 bits per heavy atom. The highest BCUT2D eigenvalue weighted by Gasteiger charge is 1.90. The third-order valence-electron chi connectivity index (χ3n) is 2.63. The molecule has 96 valence electrons. The first-order chi connectivity index (χ1) is 9.15. The SMILES string of the molecule is Cc1ccc2ncccc2c1.Nc1ccc(F)cc1. The highest BCUT2D eigenvalue weighted by Crippen LogP contribution is 2.11. The lowest BCUT2D eigenvalue weighted by molar-refractivity contribution is 0.628. The minimum absolute atomic E-state index is 0.251. The van der Waals surface area contributed by atoms with Gasteiger partial charge in [0.1, 0.15) is 5.82 Å². The highest BCUT2D eigenvalue weighted by atomic mass is 19.1. The number of nitrogen functional groups attached to an aromatic ring is 1. The predicted molar refractivity (Wildman–Crippen MR) is 77.3 cm³/mol. The molecule has 19 heavy (non-hydrogen) atoms. The molecule has 2 aromatic carbocycles. The highest BCUT2D eigenvalue weighted by molar-refractivity contribution is 5.78. The van der Waals surface area contributed by atoms with Crippen LogP contribution in [0.5, 0.6) is 0 Å². The molecular formula is C16H15FN2. The molecule has 3 rings (SSSR count). The van der Waals surface area contributed by atoms with Gasteiger partial charge in [-0.25, -0.2) is 4.39 Å². The zero-order valence-corrected chi connectivity index (χ0v) is 10.7. The van der Waals surface area contributed by atoms with Crippen molar-refractivity contribution in [1.82, 2.24) is 4.98 Å². The van der Waals surface area contributed by atoms with Crippen LogP contribution in [0, 0.1) is 12.7 Å². The Hall–Kier alpha value is -2.42. The van der Waals surface area contributed by atoms with Crippen molar-refractivity contribution in [2.24, 2.45) is 0 Å². The summed E-state index contributed by atoms with van der Waals surface area (Å²) in [5, 5.41) is 1.22. The van der Waals surface area contributed by atoms with Crippen LogP contribution < -0.4 is 5.73 Å². The van der Waals surface area contributed by atoms with E-state index in [0.29, 0.717) is 5.69 Å². The molecule has 0 amide bonds. The topological polar surface area (TPSA) is 38.9 Å². The molecule has 3 heteroatoms. The number of halogens is 1. The Balaban J connectivity index is 0.000000148. The van der Waals surface area contributed by atoms with Crippen LogP contribution in [0.2, 0.25) is 0 Å². The van der Waals surface area contributed by atoms with E-state index in [2.05, 4.69) is 30.1 Å². The molecule has 0 aliphatic heterocycles. The third kappa shape index (κ3) is 3.78. The average Bonchev–Trinajstić information content (AvgIpc) is 2.43. The van der Waals surface area contributed by atoms with Crippen LogP contribution in [-0.4, -0.2) is 4.98 Å². The van der Waals surface area contributed by atoms with Crippen LogP contribution in [0.25, 0.3) is 10.9 Å². The first-order valence-corrected chi connectivity index (χ1v) is 5.97. The van der Waals surface area contributed by atoms with Crippen LogP contribution >= 0.6 is 0 Å². The third-order valence-corrected chi connectivity index (χ3v) is 2.63. The van der Waals surface area contributed by atoms with Gasteiger partial charge in [0.15, 0.2) is 0 Å². The zero-order chi connectivity index (χ0) is 13.7. The molecule has 0 unspecified atom stereocenters. The Morgan fingerprint density at radius 1 is 1.00 bits per heavy atom. The smallest absolute Gasteiger partial charge is 0.123 e. The molecule has 1 aromatic heterocycles. The Labute approximate surface area is 111 Å². The number of aromatic nitrogens is 1. The number of benzene rings is 2. The van der Waals surface area contributed by atoms with Crippen LogP contribution in [0.1, 0.15) is 5.56 Å². The number of hydrogen-bond donors (Lipinski definition) is 1. The number of rotatable bonds is 0. The van der Waals surface area contributed by atoms with Crippen molar-refractivity contribution < 1.29 is 4.39 Å². The van der Waals surface area contributed by atoms with Crippen LogP contribution in [0.15, 0.2) is 60.8 Å². The fourth-order valence-corrected chi connectivity index (χ4v) is 1.66. The van der Waals surface area contributed by atoms with Gasteiger partial charge in [0.05, 0.1) is 5.52 Å². The van der Waals surface area contributed by atoms with Crippen molar-refractivity contribution in [2.75, 3.05) is 5.73 Å². The van der Waals surface area contributed by atoms with Gasteiger partial charge < -0.3 is 5.73 Å². The molecule has 2 N–H and O–H groups in total. The van der Waals surface area contributed by atoms with E-state index in [4.69, 9.17) is 5.73 Å². The fraction of sp³-hybridized carbons (Fsp3) is 0.0625. The lowest BCUT2D eigenvalue weighted by Crippen LogP contribution is -1.82. The minimum Gasteiger partial charge on any atom is -0.399 e. The quantitative estimate of drug-likeness (QED) is 0.617. The molecule has 0 aliphatic rings. The van der Waals surface area contributed by atoms with E-state index in [1.54, 1.807) is 0 Å². The van der Waals surface area contributed by atoms with Gasteiger partial charge >= 0.3 is 0 Å². The molecule has 0 spiro atoms.